The van der Waals surface area contributed by atoms with Crippen LogP contribution in [0.1, 0.15) is 24.8 Å². The zero-order chi connectivity index (χ0) is 20.2. The second kappa shape index (κ2) is 8.38. The summed E-state index contributed by atoms with van der Waals surface area (Å²) in [7, 11) is 0. The molecule has 3 aromatic rings. The Morgan fingerprint density at radius 3 is 2.52 bits per heavy atom. The summed E-state index contributed by atoms with van der Waals surface area (Å²) < 4.78 is 15.3. The third-order valence-corrected chi connectivity index (χ3v) is 5.27. The lowest BCUT2D eigenvalue weighted by atomic mass is 9.93. The van der Waals surface area contributed by atoms with E-state index in [4.69, 9.17) is 5.73 Å². The van der Waals surface area contributed by atoms with E-state index < -0.39 is 0 Å². The zero-order valence-corrected chi connectivity index (χ0v) is 16.0. The minimum Gasteiger partial charge on any atom is -0.370 e. The van der Waals surface area contributed by atoms with E-state index >= 15 is 0 Å². The first kappa shape index (κ1) is 19.0. The fourth-order valence-corrected chi connectivity index (χ4v) is 3.75. The number of pyridine rings is 1. The molecule has 0 unspecified atom stereocenters. The molecule has 1 saturated heterocycles. The number of hydrogen-bond acceptors (Lipinski definition) is 5. The summed E-state index contributed by atoms with van der Waals surface area (Å²) in [6.07, 6.45) is 3.91. The Kier molecular flexibility index (Phi) is 5.50. The molecule has 150 valence electrons. The van der Waals surface area contributed by atoms with E-state index in [1.54, 1.807) is 18.3 Å². The van der Waals surface area contributed by atoms with E-state index in [2.05, 4.69) is 20.1 Å². The van der Waals surface area contributed by atoms with Gasteiger partial charge in [-0.3, -0.25) is 14.3 Å². The van der Waals surface area contributed by atoms with Crippen molar-refractivity contribution in [2.75, 3.05) is 18.0 Å². The van der Waals surface area contributed by atoms with Gasteiger partial charge in [0.05, 0.1) is 6.54 Å². The average Bonchev–Trinajstić information content (AvgIpc) is 3.14. The molecular weight excluding hydrogens is 371 g/mol. The Morgan fingerprint density at radius 1 is 1.10 bits per heavy atom. The summed E-state index contributed by atoms with van der Waals surface area (Å²) in [4.78, 5) is 17.8. The molecule has 3 heterocycles. The van der Waals surface area contributed by atoms with Crippen LogP contribution in [0, 0.1) is 11.7 Å². The van der Waals surface area contributed by atoms with Crippen molar-refractivity contribution in [3.05, 3.63) is 60.0 Å². The van der Waals surface area contributed by atoms with Gasteiger partial charge < -0.3 is 10.6 Å². The highest BCUT2D eigenvalue weighted by molar-refractivity contribution is 5.74. The third-order valence-electron chi connectivity index (χ3n) is 5.27. The summed E-state index contributed by atoms with van der Waals surface area (Å²) >= 11 is 0. The van der Waals surface area contributed by atoms with Crippen LogP contribution in [0.4, 0.5) is 10.3 Å². The molecule has 29 heavy (non-hydrogen) atoms. The Morgan fingerprint density at radius 2 is 1.86 bits per heavy atom. The first-order valence-corrected chi connectivity index (χ1v) is 9.72. The van der Waals surface area contributed by atoms with Gasteiger partial charge in [0.1, 0.15) is 11.5 Å². The summed E-state index contributed by atoms with van der Waals surface area (Å²) in [5, 5.41) is 8.85. The minimum absolute atomic E-state index is 0.250. The number of rotatable bonds is 6. The SMILES string of the molecule is NC(=O)CC1CCN(c2nnc(-c3ccccn3)n2Cc2ccc(F)cc2)CC1. The normalized spacial score (nSPS) is 14.9. The van der Waals surface area contributed by atoms with Gasteiger partial charge in [-0.15, -0.1) is 10.2 Å². The first-order chi connectivity index (χ1) is 14.1. The molecule has 2 N–H and O–H groups in total. The van der Waals surface area contributed by atoms with Crippen molar-refractivity contribution >= 4 is 11.9 Å². The van der Waals surface area contributed by atoms with Gasteiger partial charge >= 0.3 is 0 Å². The van der Waals surface area contributed by atoms with Crippen LogP contribution in [0.3, 0.4) is 0 Å². The van der Waals surface area contributed by atoms with E-state index in [1.807, 2.05) is 22.8 Å². The van der Waals surface area contributed by atoms with Crippen LogP contribution >= 0.6 is 0 Å². The van der Waals surface area contributed by atoms with Crippen LogP contribution in [0.2, 0.25) is 0 Å². The molecule has 0 saturated carbocycles. The van der Waals surface area contributed by atoms with Gasteiger partial charge in [-0.1, -0.05) is 18.2 Å². The van der Waals surface area contributed by atoms with Gasteiger partial charge in [0, 0.05) is 25.7 Å². The van der Waals surface area contributed by atoms with Gasteiger partial charge in [0.25, 0.3) is 0 Å². The monoisotopic (exact) mass is 394 g/mol. The Balaban J connectivity index is 1.62. The number of nitrogens with two attached hydrogens (primary N) is 1. The first-order valence-electron chi connectivity index (χ1n) is 9.72. The fraction of sp³-hybridized carbons (Fsp3) is 0.333. The van der Waals surface area contributed by atoms with E-state index in [-0.39, 0.29) is 11.7 Å². The van der Waals surface area contributed by atoms with Crippen molar-refractivity contribution in [1.82, 2.24) is 19.7 Å². The molecule has 1 aliphatic heterocycles. The molecule has 1 aromatic carbocycles. The number of carbonyl (C=O) groups is 1. The zero-order valence-electron chi connectivity index (χ0n) is 16.0. The molecule has 1 fully saturated rings. The Labute approximate surface area is 168 Å². The van der Waals surface area contributed by atoms with Crippen molar-refractivity contribution < 1.29 is 9.18 Å². The fourth-order valence-electron chi connectivity index (χ4n) is 3.75. The van der Waals surface area contributed by atoms with E-state index in [0.717, 1.165) is 43.1 Å². The standard InChI is InChI=1S/C21H23FN6O/c22-17-6-4-16(5-7-17)14-28-20(18-3-1-2-10-24-18)25-26-21(28)27-11-8-15(9-12-27)13-19(23)29/h1-7,10,15H,8-9,11-14H2,(H2,23,29). The molecule has 0 spiro atoms. The van der Waals surface area contributed by atoms with Crippen LogP contribution in [-0.4, -0.2) is 38.7 Å². The number of anilines is 1. The summed E-state index contributed by atoms with van der Waals surface area (Å²) in [6, 6.07) is 12.1. The second-order valence-electron chi connectivity index (χ2n) is 7.35. The van der Waals surface area contributed by atoms with Crippen molar-refractivity contribution in [1.29, 1.82) is 0 Å². The number of benzene rings is 1. The second-order valence-corrected chi connectivity index (χ2v) is 7.35. The van der Waals surface area contributed by atoms with Crippen LogP contribution < -0.4 is 10.6 Å². The van der Waals surface area contributed by atoms with Crippen LogP contribution in [0.15, 0.2) is 48.7 Å². The largest absolute Gasteiger partial charge is 0.370 e. The number of halogens is 1. The number of amides is 1. The number of hydrogen-bond donors (Lipinski definition) is 1. The number of piperidine rings is 1. The number of primary amides is 1. The van der Waals surface area contributed by atoms with Crippen molar-refractivity contribution in [3.63, 3.8) is 0 Å². The van der Waals surface area contributed by atoms with Crippen molar-refractivity contribution in [2.24, 2.45) is 11.7 Å². The highest BCUT2D eigenvalue weighted by Gasteiger charge is 2.26. The van der Waals surface area contributed by atoms with E-state index in [1.165, 1.54) is 12.1 Å². The lowest BCUT2D eigenvalue weighted by molar-refractivity contribution is -0.119. The molecular formula is C21H23FN6O. The lowest BCUT2D eigenvalue weighted by Gasteiger charge is -2.32. The molecule has 1 amide bonds. The summed E-state index contributed by atoms with van der Waals surface area (Å²) in [6.45, 7) is 2.07. The van der Waals surface area contributed by atoms with Crippen molar-refractivity contribution in [3.8, 4) is 11.5 Å². The molecule has 0 radical (unpaired) electrons. The van der Waals surface area contributed by atoms with E-state index in [0.29, 0.717) is 24.7 Å². The highest BCUT2D eigenvalue weighted by Crippen LogP contribution is 2.27. The number of aromatic nitrogens is 4. The minimum atomic E-state index is -0.265. The average molecular weight is 394 g/mol. The molecule has 7 nitrogen and oxygen atoms in total. The molecule has 2 aromatic heterocycles. The summed E-state index contributed by atoms with van der Waals surface area (Å²) in [5.41, 5.74) is 7.03. The Bertz CT molecular complexity index is 965. The quantitative estimate of drug-likeness (QED) is 0.694. The van der Waals surface area contributed by atoms with Gasteiger partial charge in [0.15, 0.2) is 5.82 Å². The maximum absolute atomic E-state index is 13.3. The molecule has 0 aliphatic carbocycles. The predicted molar refractivity (Wildman–Crippen MR) is 108 cm³/mol. The molecule has 8 heteroatoms. The van der Waals surface area contributed by atoms with Crippen molar-refractivity contribution in [2.45, 2.75) is 25.8 Å². The topological polar surface area (TPSA) is 89.9 Å². The van der Waals surface area contributed by atoms with Gasteiger partial charge in [-0.25, -0.2) is 4.39 Å². The number of carbonyl (C=O) groups excluding carboxylic acids is 1. The third kappa shape index (κ3) is 4.42. The molecule has 1 aliphatic rings. The van der Waals surface area contributed by atoms with Gasteiger partial charge in [-0.2, -0.15) is 0 Å². The van der Waals surface area contributed by atoms with Crippen LogP contribution in [0.25, 0.3) is 11.5 Å². The maximum atomic E-state index is 13.3. The molecule has 0 atom stereocenters. The maximum Gasteiger partial charge on any atom is 0.227 e. The smallest absolute Gasteiger partial charge is 0.227 e. The van der Waals surface area contributed by atoms with Gasteiger partial charge in [0.2, 0.25) is 11.9 Å². The highest BCUT2D eigenvalue weighted by atomic mass is 19.1. The van der Waals surface area contributed by atoms with Crippen LogP contribution in [0.5, 0.6) is 0 Å². The predicted octanol–water partition coefficient (Wildman–Crippen LogP) is 2.62. The van der Waals surface area contributed by atoms with E-state index in [9.17, 15) is 9.18 Å². The van der Waals surface area contributed by atoms with Gasteiger partial charge in [-0.05, 0) is 48.6 Å². The summed E-state index contributed by atoms with van der Waals surface area (Å²) in [5.74, 6) is 1.23. The molecule has 4 rings (SSSR count). The molecule has 0 bridgehead atoms. The number of nitrogens with zero attached hydrogens (tertiary/aromatic N) is 5. The lowest BCUT2D eigenvalue weighted by Crippen LogP contribution is -2.36. The Hall–Kier alpha value is -3.29. The van der Waals surface area contributed by atoms with Crippen LogP contribution in [-0.2, 0) is 11.3 Å².